The number of carbonyl (C=O) groups is 9. The number of hydrogen-bond donors (Lipinski definition) is 4. The number of aliphatic hydroxyl groups is 1. The van der Waals surface area contributed by atoms with Crippen LogP contribution in [0.1, 0.15) is 134 Å². The lowest BCUT2D eigenvalue weighted by Crippen LogP contribution is -2.61. The van der Waals surface area contributed by atoms with Crippen molar-refractivity contribution in [3.63, 3.8) is 0 Å². The molecule has 2 aliphatic rings. The summed E-state index contributed by atoms with van der Waals surface area (Å²) in [6, 6.07) is -0.924. The van der Waals surface area contributed by atoms with Gasteiger partial charge in [-0.1, -0.05) is 73.9 Å². The maximum absolute atomic E-state index is 14.8. The molecular weight excluding hydrogens is 957 g/mol. The third-order valence-electron chi connectivity index (χ3n) is 13.6. The first kappa shape index (κ1) is 62.5. The molecule has 1 aromatic rings. The molecule has 0 bridgehead atoms. The first-order chi connectivity index (χ1) is 34.4. The Hall–Kier alpha value is -5.79. The lowest BCUT2D eigenvalue weighted by Gasteiger charge is -2.36. The zero-order chi connectivity index (χ0) is 56.1. The van der Waals surface area contributed by atoms with Gasteiger partial charge in [0.1, 0.15) is 47.7 Å². The van der Waals surface area contributed by atoms with Crippen molar-refractivity contribution in [1.29, 1.82) is 0 Å². The maximum Gasteiger partial charge on any atom is 0.410 e. The predicted octanol–water partition coefficient (Wildman–Crippen LogP) is 4.35. The van der Waals surface area contributed by atoms with Crippen molar-refractivity contribution in [3.8, 4) is 5.75 Å². The largest absolute Gasteiger partial charge is 0.497 e. The highest BCUT2D eigenvalue weighted by atomic mass is 16.6. The van der Waals surface area contributed by atoms with E-state index in [-0.39, 0.29) is 44.1 Å². The second-order valence-electron chi connectivity index (χ2n) is 22.2. The average Bonchev–Trinajstić information content (AvgIpc) is 3.82. The topological polar surface area (TPSA) is 257 Å². The Labute approximate surface area is 438 Å². The smallest absolute Gasteiger partial charge is 0.410 e. The molecule has 6 amide bonds. The van der Waals surface area contributed by atoms with Crippen molar-refractivity contribution in [2.24, 2.45) is 29.6 Å². The first-order valence-corrected chi connectivity index (χ1v) is 26.1. The van der Waals surface area contributed by atoms with E-state index < -0.39 is 138 Å². The quantitative estimate of drug-likeness (QED) is 0.122. The molecule has 74 heavy (non-hydrogen) atoms. The van der Waals surface area contributed by atoms with Gasteiger partial charge >= 0.3 is 18.0 Å². The number of benzene rings is 1. The number of carbonyl (C=O) groups excluding carboxylic acids is 9. The van der Waals surface area contributed by atoms with Crippen LogP contribution in [0.25, 0.3) is 0 Å². The highest BCUT2D eigenvalue weighted by Gasteiger charge is 2.45. The lowest BCUT2D eigenvalue weighted by atomic mass is 9.91. The number of ketones is 1. The number of rotatable bonds is 13. The third-order valence-corrected chi connectivity index (χ3v) is 13.6. The molecule has 2 aliphatic heterocycles. The van der Waals surface area contributed by atoms with Gasteiger partial charge in [-0.15, -0.1) is 0 Å². The normalized spacial score (nSPS) is 26.4. The Morgan fingerprint density at radius 1 is 0.905 bits per heavy atom. The Kier molecular flexibility index (Phi) is 23.4. The van der Waals surface area contributed by atoms with Crippen molar-refractivity contribution in [1.82, 2.24) is 30.7 Å². The van der Waals surface area contributed by atoms with Gasteiger partial charge in [-0.2, -0.15) is 0 Å². The van der Waals surface area contributed by atoms with Crippen LogP contribution in [0.4, 0.5) is 4.79 Å². The molecule has 2 heterocycles. The first-order valence-electron chi connectivity index (χ1n) is 26.1. The van der Waals surface area contributed by atoms with Gasteiger partial charge in [0, 0.05) is 27.1 Å². The zero-order valence-electron chi connectivity index (χ0n) is 46.6. The molecule has 416 valence electrons. The summed E-state index contributed by atoms with van der Waals surface area (Å²) < 4.78 is 22.8. The summed E-state index contributed by atoms with van der Waals surface area (Å²) in [5.41, 5.74) is -0.325. The van der Waals surface area contributed by atoms with E-state index in [1.807, 2.05) is 27.7 Å². The van der Waals surface area contributed by atoms with Crippen LogP contribution in [-0.4, -0.2) is 161 Å². The fraction of sp³-hybridized carbons (Fsp3) is 0.722. The number of hydrogen-bond acceptors (Lipinski definition) is 14. The number of ether oxygens (including phenoxy) is 4. The SMILES string of the molecule is CCC(C)C1NC(=O)C(NC(=O)C(CC(C)C)N(C)C(=O)OC(C)(C)C)C(C)OC(=O)C(Cc2ccc(OC)cc2)N(C)C(=O)C2CCCN2C(=O)C(CC(C)C)NC(=O)C(C)C(=O)C(C(C)C)OC(=O)CC1O. The van der Waals surface area contributed by atoms with Gasteiger partial charge in [-0.25, -0.2) is 9.59 Å². The van der Waals surface area contributed by atoms with Crippen LogP contribution < -0.4 is 20.7 Å². The summed E-state index contributed by atoms with van der Waals surface area (Å²) in [7, 11) is 4.30. The molecule has 0 saturated carbocycles. The van der Waals surface area contributed by atoms with E-state index in [4.69, 9.17) is 18.9 Å². The molecule has 2 fully saturated rings. The minimum Gasteiger partial charge on any atom is -0.497 e. The van der Waals surface area contributed by atoms with Gasteiger partial charge in [0.15, 0.2) is 11.9 Å². The van der Waals surface area contributed by atoms with E-state index in [0.29, 0.717) is 24.2 Å². The number of methoxy groups -OCH3 is 1. The van der Waals surface area contributed by atoms with Crippen LogP contribution in [0, 0.1) is 29.6 Å². The maximum atomic E-state index is 14.8. The lowest BCUT2D eigenvalue weighted by molar-refractivity contribution is -0.163. The van der Waals surface area contributed by atoms with Crippen LogP contribution in [0.3, 0.4) is 0 Å². The molecule has 0 radical (unpaired) electrons. The summed E-state index contributed by atoms with van der Waals surface area (Å²) >= 11 is 0. The highest BCUT2D eigenvalue weighted by Crippen LogP contribution is 2.26. The van der Waals surface area contributed by atoms with E-state index in [1.165, 1.54) is 44.9 Å². The molecule has 0 aliphatic carbocycles. The molecule has 0 aromatic heterocycles. The van der Waals surface area contributed by atoms with Gasteiger partial charge in [-0.3, -0.25) is 38.5 Å². The van der Waals surface area contributed by atoms with Gasteiger partial charge in [0.25, 0.3) is 0 Å². The van der Waals surface area contributed by atoms with Crippen molar-refractivity contribution in [2.45, 2.75) is 195 Å². The standard InChI is InChI=1S/C54H86N6O14/c1-17-32(8)43-41(61)28-42(62)73-46(31(6)7)45(63)33(9)47(64)55-37(25-29(2)3)50(67)60-24-18-19-38(60)51(68)58(14)40(27-35-20-22-36(71-16)23-21-35)52(69)72-34(10)44(49(66)56-43)57-48(65)39(26-30(4)5)59(15)53(70)74-54(11,12)13/h20-23,29-34,37-41,43-44,46,61H,17-19,24-28H2,1-16H3,(H,55,64)(H,56,66)(H,57,65). The van der Waals surface area contributed by atoms with Crippen molar-refractivity contribution < 1.29 is 67.2 Å². The molecule has 20 heteroatoms. The average molecular weight is 1040 g/mol. The molecule has 1 aromatic carbocycles. The van der Waals surface area contributed by atoms with Crippen molar-refractivity contribution in [2.75, 3.05) is 27.7 Å². The Morgan fingerprint density at radius 2 is 1.53 bits per heavy atom. The molecule has 4 N–H and O–H groups in total. The summed E-state index contributed by atoms with van der Waals surface area (Å²) in [5, 5.41) is 20.0. The van der Waals surface area contributed by atoms with Gasteiger partial charge in [-0.05, 0) is 102 Å². The number of likely N-dealkylation sites (N-methyl/N-ethyl adjacent to an activating group) is 2. The molecule has 11 unspecified atom stereocenters. The number of cyclic esters (lactones) is 2. The molecule has 20 nitrogen and oxygen atoms in total. The second kappa shape index (κ2) is 27.7. The minimum atomic E-state index is -1.71. The van der Waals surface area contributed by atoms with Crippen molar-refractivity contribution in [3.05, 3.63) is 29.8 Å². The number of esters is 2. The molecule has 3 rings (SSSR count). The summed E-state index contributed by atoms with van der Waals surface area (Å²) in [6.07, 6.45) is -4.89. The monoisotopic (exact) mass is 1040 g/mol. The number of amides is 6. The van der Waals surface area contributed by atoms with Crippen LogP contribution in [0.15, 0.2) is 24.3 Å². The van der Waals surface area contributed by atoms with Crippen LogP contribution >= 0.6 is 0 Å². The molecule has 0 spiro atoms. The van der Waals surface area contributed by atoms with E-state index in [2.05, 4.69) is 16.0 Å². The minimum absolute atomic E-state index is 0.105. The van der Waals surface area contributed by atoms with Gasteiger partial charge in [0.2, 0.25) is 29.5 Å². The molecular formula is C54H86N6O14. The number of aliphatic hydroxyl groups excluding tert-OH is 1. The predicted molar refractivity (Wildman–Crippen MR) is 275 cm³/mol. The fourth-order valence-corrected chi connectivity index (χ4v) is 9.06. The Morgan fingerprint density at radius 3 is 2.07 bits per heavy atom. The fourth-order valence-electron chi connectivity index (χ4n) is 9.06. The highest BCUT2D eigenvalue weighted by molar-refractivity contribution is 6.05. The zero-order valence-corrected chi connectivity index (χ0v) is 46.6. The number of fused-ring (bicyclic) bond motifs is 1. The van der Waals surface area contributed by atoms with Crippen LogP contribution in [0.5, 0.6) is 5.75 Å². The van der Waals surface area contributed by atoms with E-state index in [9.17, 15) is 48.3 Å². The number of nitrogens with one attached hydrogen (secondary N) is 3. The Bertz CT molecular complexity index is 2120. The molecule has 11 atom stereocenters. The Balaban J connectivity index is 2.29. The summed E-state index contributed by atoms with van der Waals surface area (Å²) in [4.78, 5) is 132. The summed E-state index contributed by atoms with van der Waals surface area (Å²) in [5.74, 6) is -8.70. The second-order valence-corrected chi connectivity index (χ2v) is 22.2. The number of nitrogens with zero attached hydrogens (tertiary/aromatic N) is 3. The van der Waals surface area contributed by atoms with Crippen LogP contribution in [-0.2, 0) is 59.0 Å². The third kappa shape index (κ3) is 17.4. The van der Waals surface area contributed by atoms with E-state index in [0.717, 1.165) is 4.90 Å². The van der Waals surface area contributed by atoms with Gasteiger partial charge < -0.3 is 49.8 Å². The van der Waals surface area contributed by atoms with Crippen molar-refractivity contribution >= 4 is 53.4 Å². The van der Waals surface area contributed by atoms with Crippen LogP contribution in [0.2, 0.25) is 0 Å². The number of Topliss-reactive ketones (excluding diaryl/α,β-unsaturated/α-hetero) is 1. The molecule has 2 saturated heterocycles. The van der Waals surface area contributed by atoms with E-state index >= 15 is 0 Å². The van der Waals surface area contributed by atoms with E-state index in [1.54, 1.807) is 72.7 Å². The summed E-state index contributed by atoms with van der Waals surface area (Å²) in [6.45, 7) is 22.1. The van der Waals surface area contributed by atoms with Gasteiger partial charge in [0.05, 0.1) is 31.6 Å².